The first kappa shape index (κ1) is 18.4. The Kier molecular flexibility index (Phi) is 5.28. The average Bonchev–Trinajstić information content (AvgIpc) is 2.85. The number of halogens is 1. The van der Waals surface area contributed by atoms with E-state index in [0.717, 1.165) is 5.56 Å². The van der Waals surface area contributed by atoms with E-state index >= 15 is 0 Å². The molecule has 1 fully saturated rings. The van der Waals surface area contributed by atoms with Crippen LogP contribution in [0.25, 0.3) is 0 Å². The van der Waals surface area contributed by atoms with Crippen LogP contribution in [0.15, 0.2) is 18.2 Å². The van der Waals surface area contributed by atoms with Crippen molar-refractivity contribution in [3.05, 3.63) is 28.8 Å². The molecule has 2 rings (SSSR count). The van der Waals surface area contributed by atoms with Gasteiger partial charge in [0.2, 0.25) is 0 Å². The zero-order chi connectivity index (χ0) is 18.1. The molecule has 0 bridgehead atoms. The number of carboxylic acid groups (broad SMARTS) is 1. The average molecular weight is 356 g/mol. The molecule has 0 spiro atoms. The summed E-state index contributed by atoms with van der Waals surface area (Å²) in [7, 11) is 0. The maximum absolute atomic E-state index is 12.2. The number of ether oxygens (including phenoxy) is 2. The molecule has 1 aromatic carbocycles. The van der Waals surface area contributed by atoms with E-state index in [2.05, 4.69) is 0 Å². The maximum atomic E-state index is 12.2. The molecule has 24 heavy (non-hydrogen) atoms. The lowest BCUT2D eigenvalue weighted by atomic mass is 10.2. The Morgan fingerprint density at radius 1 is 1.33 bits per heavy atom. The van der Waals surface area contributed by atoms with Crippen LogP contribution < -0.4 is 4.74 Å². The van der Waals surface area contributed by atoms with Gasteiger partial charge in [0.25, 0.3) is 0 Å². The molecule has 1 heterocycles. The summed E-state index contributed by atoms with van der Waals surface area (Å²) >= 11 is 5.99. The van der Waals surface area contributed by atoms with E-state index in [1.165, 1.54) is 4.90 Å². The Morgan fingerprint density at radius 2 is 2.00 bits per heavy atom. The number of amides is 1. The van der Waals surface area contributed by atoms with E-state index in [4.69, 9.17) is 21.1 Å². The van der Waals surface area contributed by atoms with Crippen LogP contribution in [-0.2, 0) is 9.53 Å². The standard InChI is InChI=1S/C17H22ClNO5/c1-10-7-11(5-6-13(10)18)23-12-8-14(15(20)21)19(9-12)16(22)24-17(2,3)4/h5-7,12,14H,8-9H2,1-4H3,(H,20,21)/t12-,14-/m0/s1. The lowest BCUT2D eigenvalue weighted by molar-refractivity contribution is -0.142. The van der Waals surface area contributed by atoms with Gasteiger partial charge < -0.3 is 14.6 Å². The lowest BCUT2D eigenvalue weighted by Crippen LogP contribution is -2.43. The van der Waals surface area contributed by atoms with Gasteiger partial charge in [0.1, 0.15) is 23.5 Å². The van der Waals surface area contributed by atoms with Gasteiger partial charge in [-0.25, -0.2) is 9.59 Å². The fourth-order valence-corrected chi connectivity index (χ4v) is 2.64. The molecule has 2 atom stereocenters. The predicted octanol–water partition coefficient (Wildman–Crippen LogP) is 3.49. The van der Waals surface area contributed by atoms with Gasteiger partial charge in [0.05, 0.1) is 6.54 Å². The van der Waals surface area contributed by atoms with Crippen LogP contribution in [0.1, 0.15) is 32.8 Å². The first-order valence-electron chi connectivity index (χ1n) is 7.72. The van der Waals surface area contributed by atoms with Crippen molar-refractivity contribution in [2.24, 2.45) is 0 Å². The van der Waals surface area contributed by atoms with Crippen LogP contribution in [0, 0.1) is 6.92 Å². The number of benzene rings is 1. The van der Waals surface area contributed by atoms with Crippen LogP contribution in [0.3, 0.4) is 0 Å². The van der Waals surface area contributed by atoms with Crippen molar-refractivity contribution in [2.45, 2.75) is 51.9 Å². The fraction of sp³-hybridized carbons (Fsp3) is 0.529. The van der Waals surface area contributed by atoms with Gasteiger partial charge in [-0.1, -0.05) is 11.6 Å². The van der Waals surface area contributed by atoms with Gasteiger partial charge in [0.15, 0.2) is 0 Å². The third kappa shape index (κ3) is 4.54. The number of carboxylic acids is 1. The number of hydrogen-bond acceptors (Lipinski definition) is 4. The number of carbonyl (C=O) groups excluding carboxylic acids is 1. The molecule has 0 unspecified atom stereocenters. The predicted molar refractivity (Wildman–Crippen MR) is 89.6 cm³/mol. The highest BCUT2D eigenvalue weighted by Crippen LogP contribution is 2.27. The van der Waals surface area contributed by atoms with Crippen LogP contribution in [0.5, 0.6) is 5.75 Å². The second kappa shape index (κ2) is 6.89. The summed E-state index contributed by atoms with van der Waals surface area (Å²) in [4.78, 5) is 24.9. The molecule has 1 aromatic rings. The minimum Gasteiger partial charge on any atom is -0.488 e. The van der Waals surface area contributed by atoms with E-state index in [9.17, 15) is 14.7 Å². The number of carbonyl (C=O) groups is 2. The van der Waals surface area contributed by atoms with Crippen molar-refractivity contribution in [3.8, 4) is 5.75 Å². The number of aliphatic carboxylic acids is 1. The summed E-state index contributed by atoms with van der Waals surface area (Å²) in [5.41, 5.74) is 0.178. The third-order valence-electron chi connectivity index (χ3n) is 3.61. The molecule has 1 saturated heterocycles. The minimum atomic E-state index is -1.07. The number of nitrogens with zero attached hydrogens (tertiary/aromatic N) is 1. The largest absolute Gasteiger partial charge is 0.488 e. The minimum absolute atomic E-state index is 0.160. The summed E-state index contributed by atoms with van der Waals surface area (Å²) in [5.74, 6) is -0.476. The molecule has 132 valence electrons. The highest BCUT2D eigenvalue weighted by Gasteiger charge is 2.42. The molecule has 0 aromatic heterocycles. The van der Waals surface area contributed by atoms with Gasteiger partial charge in [0, 0.05) is 11.4 Å². The van der Waals surface area contributed by atoms with Crippen molar-refractivity contribution < 1.29 is 24.2 Å². The summed E-state index contributed by atoms with van der Waals surface area (Å²) in [6.45, 7) is 7.23. The summed E-state index contributed by atoms with van der Waals surface area (Å²) in [5, 5.41) is 10.0. The molecule has 1 aliphatic rings. The van der Waals surface area contributed by atoms with E-state index in [1.807, 2.05) is 6.92 Å². The second-order valence-corrected chi connectivity index (χ2v) is 7.28. The van der Waals surface area contributed by atoms with Crippen LogP contribution in [0.2, 0.25) is 5.02 Å². The summed E-state index contributed by atoms with van der Waals surface area (Å²) in [6.07, 6.45) is -0.858. The zero-order valence-corrected chi connectivity index (χ0v) is 15.0. The second-order valence-electron chi connectivity index (χ2n) is 6.87. The van der Waals surface area contributed by atoms with Gasteiger partial charge in [-0.3, -0.25) is 4.90 Å². The number of likely N-dealkylation sites (tertiary alicyclic amines) is 1. The van der Waals surface area contributed by atoms with Crippen LogP contribution >= 0.6 is 11.6 Å². The van der Waals surface area contributed by atoms with E-state index < -0.39 is 29.8 Å². The van der Waals surface area contributed by atoms with Gasteiger partial charge in [-0.05, 0) is 51.5 Å². The molecule has 6 nitrogen and oxygen atoms in total. The third-order valence-corrected chi connectivity index (χ3v) is 4.03. The van der Waals surface area contributed by atoms with Crippen molar-refractivity contribution in [1.29, 1.82) is 0 Å². The van der Waals surface area contributed by atoms with Crippen LogP contribution in [-0.4, -0.2) is 46.4 Å². The Labute approximate surface area is 146 Å². The molecule has 0 saturated carbocycles. The molecular formula is C17H22ClNO5. The maximum Gasteiger partial charge on any atom is 0.411 e. The lowest BCUT2D eigenvalue weighted by Gasteiger charge is -2.26. The number of rotatable bonds is 3. The molecule has 1 amide bonds. The number of hydrogen-bond donors (Lipinski definition) is 1. The quantitative estimate of drug-likeness (QED) is 0.898. The first-order valence-corrected chi connectivity index (χ1v) is 8.10. The smallest absolute Gasteiger partial charge is 0.411 e. The first-order chi connectivity index (χ1) is 11.1. The Hall–Kier alpha value is -1.95. The summed E-state index contributed by atoms with van der Waals surface area (Å²) < 4.78 is 11.1. The van der Waals surface area contributed by atoms with E-state index in [-0.39, 0.29) is 13.0 Å². The molecular weight excluding hydrogens is 334 g/mol. The highest BCUT2D eigenvalue weighted by molar-refractivity contribution is 6.31. The van der Waals surface area contributed by atoms with Crippen molar-refractivity contribution in [3.63, 3.8) is 0 Å². The molecule has 1 aliphatic heterocycles. The SMILES string of the molecule is Cc1cc(O[C@H]2C[C@@H](C(=O)O)N(C(=O)OC(C)(C)C)C2)ccc1Cl. The van der Waals surface area contributed by atoms with Gasteiger partial charge >= 0.3 is 12.1 Å². The monoisotopic (exact) mass is 355 g/mol. The van der Waals surface area contributed by atoms with Crippen molar-refractivity contribution in [1.82, 2.24) is 4.90 Å². The summed E-state index contributed by atoms with van der Waals surface area (Å²) in [6, 6.07) is 4.27. The zero-order valence-electron chi connectivity index (χ0n) is 14.2. The number of aryl methyl sites for hydroxylation is 1. The van der Waals surface area contributed by atoms with Gasteiger partial charge in [-0.15, -0.1) is 0 Å². The van der Waals surface area contributed by atoms with E-state index in [1.54, 1.807) is 39.0 Å². The Morgan fingerprint density at radius 3 is 2.54 bits per heavy atom. The molecule has 1 N–H and O–H groups in total. The fourth-order valence-electron chi connectivity index (χ4n) is 2.52. The normalized spacial score (nSPS) is 20.8. The molecule has 7 heteroatoms. The van der Waals surface area contributed by atoms with E-state index in [0.29, 0.717) is 10.8 Å². The highest BCUT2D eigenvalue weighted by atomic mass is 35.5. The molecule has 0 radical (unpaired) electrons. The molecule has 0 aliphatic carbocycles. The van der Waals surface area contributed by atoms with Gasteiger partial charge in [-0.2, -0.15) is 0 Å². The van der Waals surface area contributed by atoms with Crippen molar-refractivity contribution >= 4 is 23.7 Å². The Balaban J connectivity index is 2.10. The van der Waals surface area contributed by atoms with Crippen molar-refractivity contribution in [2.75, 3.05) is 6.54 Å². The topological polar surface area (TPSA) is 76.1 Å². The Bertz CT molecular complexity index is 640. The van der Waals surface area contributed by atoms with Crippen LogP contribution in [0.4, 0.5) is 4.79 Å².